The Hall–Kier alpha value is -1.56. The van der Waals surface area contributed by atoms with Gasteiger partial charge in [-0.3, -0.25) is 4.79 Å². The molecule has 128 valence electrons. The maximum Gasteiger partial charge on any atom is 0.407 e. The fourth-order valence-electron chi connectivity index (χ4n) is 2.77. The van der Waals surface area contributed by atoms with Gasteiger partial charge in [-0.05, 0) is 57.9 Å². The van der Waals surface area contributed by atoms with Crippen LogP contribution in [-0.4, -0.2) is 41.6 Å². The molecule has 0 radical (unpaired) electrons. The molecular weight excluding hydrogens is 312 g/mol. The highest BCUT2D eigenvalue weighted by atomic mass is 32.1. The Bertz CT molecular complexity index is 537. The SMILES string of the molecule is C[C@H](NC(=O)OC(C)(C)C)[C@@H]1CCCN(C(=O)c2cccs2)C1. The first-order chi connectivity index (χ1) is 10.8. The Morgan fingerprint density at radius 3 is 2.78 bits per heavy atom. The van der Waals surface area contributed by atoms with E-state index in [1.165, 1.54) is 11.3 Å². The largest absolute Gasteiger partial charge is 0.444 e. The number of nitrogens with one attached hydrogen (secondary N) is 1. The number of hydrogen-bond acceptors (Lipinski definition) is 4. The van der Waals surface area contributed by atoms with Gasteiger partial charge in [-0.25, -0.2) is 4.79 Å². The molecule has 0 bridgehead atoms. The number of piperidine rings is 1. The number of rotatable bonds is 3. The molecule has 1 aliphatic rings. The highest BCUT2D eigenvalue weighted by Crippen LogP contribution is 2.23. The van der Waals surface area contributed by atoms with Crippen LogP contribution in [-0.2, 0) is 4.74 Å². The Morgan fingerprint density at radius 2 is 2.17 bits per heavy atom. The second-order valence-electron chi connectivity index (χ2n) is 7.07. The van der Waals surface area contributed by atoms with Crippen molar-refractivity contribution in [1.29, 1.82) is 0 Å². The van der Waals surface area contributed by atoms with Gasteiger partial charge in [0.2, 0.25) is 0 Å². The summed E-state index contributed by atoms with van der Waals surface area (Å²) in [6.07, 6.45) is 1.57. The van der Waals surface area contributed by atoms with Crippen molar-refractivity contribution in [3.05, 3.63) is 22.4 Å². The molecule has 2 rings (SSSR count). The zero-order valence-corrected chi connectivity index (χ0v) is 15.1. The van der Waals surface area contributed by atoms with Gasteiger partial charge in [-0.2, -0.15) is 0 Å². The number of ether oxygens (including phenoxy) is 1. The zero-order chi connectivity index (χ0) is 17.0. The van der Waals surface area contributed by atoms with Gasteiger partial charge >= 0.3 is 6.09 Å². The molecule has 0 aliphatic carbocycles. The molecule has 0 unspecified atom stereocenters. The fourth-order valence-corrected chi connectivity index (χ4v) is 3.46. The first kappa shape index (κ1) is 17.8. The highest BCUT2D eigenvalue weighted by Gasteiger charge is 2.29. The van der Waals surface area contributed by atoms with Crippen LogP contribution in [0.1, 0.15) is 50.2 Å². The number of amides is 2. The van der Waals surface area contributed by atoms with E-state index in [4.69, 9.17) is 4.74 Å². The van der Waals surface area contributed by atoms with Crippen LogP contribution in [0.2, 0.25) is 0 Å². The summed E-state index contributed by atoms with van der Waals surface area (Å²) in [7, 11) is 0. The predicted molar refractivity (Wildman–Crippen MR) is 91.8 cm³/mol. The maximum atomic E-state index is 12.5. The molecule has 1 aromatic rings. The van der Waals surface area contributed by atoms with Gasteiger partial charge < -0.3 is 15.0 Å². The number of carbonyl (C=O) groups excluding carboxylic acids is 2. The third kappa shape index (κ3) is 5.23. The minimum atomic E-state index is -0.502. The maximum absolute atomic E-state index is 12.5. The van der Waals surface area contributed by atoms with Crippen molar-refractivity contribution in [2.75, 3.05) is 13.1 Å². The lowest BCUT2D eigenvalue weighted by Crippen LogP contribution is -2.48. The molecule has 1 aliphatic heterocycles. The van der Waals surface area contributed by atoms with E-state index in [0.29, 0.717) is 6.54 Å². The second-order valence-corrected chi connectivity index (χ2v) is 8.01. The molecule has 0 spiro atoms. The molecule has 1 saturated heterocycles. The van der Waals surface area contributed by atoms with Gasteiger partial charge in [0.25, 0.3) is 5.91 Å². The normalized spacial score (nSPS) is 20.0. The number of thiophene rings is 1. The summed E-state index contributed by atoms with van der Waals surface area (Å²) in [6, 6.07) is 3.73. The monoisotopic (exact) mass is 338 g/mol. The van der Waals surface area contributed by atoms with E-state index >= 15 is 0 Å². The van der Waals surface area contributed by atoms with Gasteiger partial charge in [0, 0.05) is 19.1 Å². The molecule has 0 aromatic carbocycles. The molecule has 1 N–H and O–H groups in total. The summed E-state index contributed by atoms with van der Waals surface area (Å²) < 4.78 is 5.30. The average Bonchev–Trinajstić information content (AvgIpc) is 2.98. The summed E-state index contributed by atoms with van der Waals surface area (Å²) >= 11 is 1.47. The van der Waals surface area contributed by atoms with Crippen molar-refractivity contribution < 1.29 is 14.3 Å². The Kier molecular flexibility index (Phi) is 5.68. The molecule has 6 heteroatoms. The predicted octanol–water partition coefficient (Wildman–Crippen LogP) is 3.51. The number of nitrogens with zero attached hydrogens (tertiary/aromatic N) is 1. The number of hydrogen-bond donors (Lipinski definition) is 1. The van der Waals surface area contributed by atoms with Gasteiger partial charge in [-0.1, -0.05) is 6.07 Å². The first-order valence-electron chi connectivity index (χ1n) is 8.08. The van der Waals surface area contributed by atoms with E-state index in [2.05, 4.69) is 5.32 Å². The van der Waals surface area contributed by atoms with E-state index in [0.717, 1.165) is 24.3 Å². The topological polar surface area (TPSA) is 58.6 Å². The molecule has 2 heterocycles. The highest BCUT2D eigenvalue weighted by molar-refractivity contribution is 7.12. The van der Waals surface area contributed by atoms with E-state index in [-0.39, 0.29) is 17.9 Å². The van der Waals surface area contributed by atoms with E-state index in [9.17, 15) is 9.59 Å². The van der Waals surface area contributed by atoms with Gasteiger partial charge in [-0.15, -0.1) is 11.3 Å². The molecule has 1 fully saturated rings. The van der Waals surface area contributed by atoms with Crippen molar-refractivity contribution in [3.63, 3.8) is 0 Å². The Morgan fingerprint density at radius 1 is 1.43 bits per heavy atom. The lowest BCUT2D eigenvalue weighted by molar-refractivity contribution is 0.0461. The minimum absolute atomic E-state index is 0.0243. The van der Waals surface area contributed by atoms with Crippen LogP contribution in [0.4, 0.5) is 4.79 Å². The van der Waals surface area contributed by atoms with Crippen LogP contribution in [0.5, 0.6) is 0 Å². The van der Waals surface area contributed by atoms with Crippen LogP contribution in [0, 0.1) is 5.92 Å². The number of alkyl carbamates (subject to hydrolysis) is 1. The quantitative estimate of drug-likeness (QED) is 0.917. The summed E-state index contributed by atoms with van der Waals surface area (Å²) in [5.74, 6) is 0.342. The van der Waals surface area contributed by atoms with Gasteiger partial charge in [0.1, 0.15) is 5.60 Å². The van der Waals surface area contributed by atoms with Gasteiger partial charge in [0.05, 0.1) is 4.88 Å². The lowest BCUT2D eigenvalue weighted by Gasteiger charge is -2.36. The van der Waals surface area contributed by atoms with Crippen molar-refractivity contribution >= 4 is 23.3 Å². The van der Waals surface area contributed by atoms with E-state index in [1.54, 1.807) is 0 Å². The summed E-state index contributed by atoms with van der Waals surface area (Å²) in [6.45, 7) is 8.98. The van der Waals surface area contributed by atoms with Crippen LogP contribution in [0.3, 0.4) is 0 Å². The molecule has 1 aromatic heterocycles. The second kappa shape index (κ2) is 7.34. The third-order valence-corrected chi connectivity index (χ3v) is 4.79. The molecule has 0 saturated carbocycles. The van der Waals surface area contributed by atoms with Crippen LogP contribution >= 0.6 is 11.3 Å². The van der Waals surface area contributed by atoms with E-state index in [1.807, 2.05) is 50.1 Å². The first-order valence-corrected chi connectivity index (χ1v) is 8.96. The van der Waals surface area contributed by atoms with Crippen molar-refractivity contribution in [2.45, 2.75) is 52.2 Å². The van der Waals surface area contributed by atoms with Crippen LogP contribution in [0.15, 0.2) is 17.5 Å². The molecule has 2 atom stereocenters. The molecule has 2 amide bonds. The lowest BCUT2D eigenvalue weighted by atomic mass is 9.91. The average molecular weight is 338 g/mol. The fraction of sp³-hybridized carbons (Fsp3) is 0.647. The molecule has 23 heavy (non-hydrogen) atoms. The summed E-state index contributed by atoms with van der Waals surface area (Å²) in [4.78, 5) is 27.0. The van der Waals surface area contributed by atoms with Gasteiger partial charge in [0.15, 0.2) is 0 Å². The number of carbonyl (C=O) groups is 2. The smallest absolute Gasteiger partial charge is 0.407 e. The van der Waals surface area contributed by atoms with Crippen LogP contribution < -0.4 is 5.32 Å². The van der Waals surface area contributed by atoms with Crippen molar-refractivity contribution in [1.82, 2.24) is 10.2 Å². The third-order valence-electron chi connectivity index (χ3n) is 3.93. The van der Waals surface area contributed by atoms with Crippen LogP contribution in [0.25, 0.3) is 0 Å². The molecule has 5 nitrogen and oxygen atoms in total. The van der Waals surface area contributed by atoms with Crippen molar-refractivity contribution in [2.24, 2.45) is 5.92 Å². The minimum Gasteiger partial charge on any atom is -0.444 e. The Labute approximate surface area is 142 Å². The zero-order valence-electron chi connectivity index (χ0n) is 14.3. The molecular formula is C17H26N2O3S. The van der Waals surface area contributed by atoms with Crippen molar-refractivity contribution in [3.8, 4) is 0 Å². The summed E-state index contributed by atoms with van der Waals surface area (Å²) in [5.41, 5.74) is -0.502. The summed E-state index contributed by atoms with van der Waals surface area (Å²) in [5, 5.41) is 4.82. The standard InChI is InChI=1S/C17H26N2O3S/c1-12(18-16(21)22-17(2,3)4)13-7-5-9-19(11-13)15(20)14-8-6-10-23-14/h6,8,10,12-13H,5,7,9,11H2,1-4H3,(H,18,21)/t12-,13+/m0/s1. The number of likely N-dealkylation sites (tertiary alicyclic amines) is 1. The van der Waals surface area contributed by atoms with E-state index < -0.39 is 11.7 Å². The Balaban J connectivity index is 1.90.